The van der Waals surface area contributed by atoms with Crippen LogP contribution in [0.2, 0.25) is 0 Å². The number of carbonyl (C=O) groups is 1. The molecule has 0 aliphatic carbocycles. The first-order valence-corrected chi connectivity index (χ1v) is 8.78. The van der Waals surface area contributed by atoms with Crippen LogP contribution >= 0.6 is 0 Å². The fourth-order valence-corrected chi connectivity index (χ4v) is 2.77. The van der Waals surface area contributed by atoms with Gasteiger partial charge in [0, 0.05) is 5.69 Å². The standard InChI is InChI=1S/C20H15F6N3O2/c1-12-4-2-3-5-16(12)29-17(20(24,25)26)15(10-27-29)18(30)28-13-6-8-14(9-7-13)31-11-19(21,22)23/h2-10H,11H2,1H3,(H,28,30). The minimum absolute atomic E-state index is 0.0705. The van der Waals surface area contributed by atoms with E-state index >= 15 is 0 Å². The summed E-state index contributed by atoms with van der Waals surface area (Å²) >= 11 is 0. The Kier molecular flexibility index (Phi) is 5.96. The number of aryl methyl sites for hydroxylation is 1. The van der Waals surface area contributed by atoms with Crippen LogP contribution in [0, 0.1) is 6.92 Å². The molecule has 0 aliphatic heterocycles. The van der Waals surface area contributed by atoms with E-state index in [-0.39, 0.29) is 17.1 Å². The number of para-hydroxylation sites is 1. The summed E-state index contributed by atoms with van der Waals surface area (Å²) in [6, 6.07) is 11.0. The predicted octanol–water partition coefficient (Wildman–Crippen LogP) is 5.39. The zero-order valence-electron chi connectivity index (χ0n) is 15.9. The molecule has 11 heteroatoms. The van der Waals surface area contributed by atoms with Gasteiger partial charge in [-0.1, -0.05) is 18.2 Å². The number of benzene rings is 2. The lowest BCUT2D eigenvalue weighted by atomic mass is 10.1. The molecule has 0 aliphatic rings. The summed E-state index contributed by atoms with van der Waals surface area (Å²) in [7, 11) is 0. The summed E-state index contributed by atoms with van der Waals surface area (Å²) in [6.45, 7) is 0.116. The zero-order valence-corrected chi connectivity index (χ0v) is 15.9. The summed E-state index contributed by atoms with van der Waals surface area (Å²) in [5.74, 6) is -1.19. The van der Waals surface area contributed by atoms with Crippen LogP contribution in [0.25, 0.3) is 5.69 Å². The first-order chi connectivity index (χ1) is 14.5. The highest BCUT2D eigenvalue weighted by molar-refractivity contribution is 6.05. The second kappa shape index (κ2) is 8.32. The lowest BCUT2D eigenvalue weighted by Crippen LogP contribution is -2.21. The van der Waals surface area contributed by atoms with Crippen molar-refractivity contribution in [3.63, 3.8) is 0 Å². The predicted molar refractivity (Wildman–Crippen MR) is 99.2 cm³/mol. The molecule has 1 N–H and O–H groups in total. The van der Waals surface area contributed by atoms with Gasteiger partial charge in [0.25, 0.3) is 5.91 Å². The average Bonchev–Trinajstić information content (AvgIpc) is 3.13. The van der Waals surface area contributed by atoms with Gasteiger partial charge in [-0.3, -0.25) is 4.79 Å². The van der Waals surface area contributed by atoms with Gasteiger partial charge in [-0.15, -0.1) is 0 Å². The van der Waals surface area contributed by atoms with Crippen LogP contribution in [0.4, 0.5) is 32.0 Å². The highest BCUT2D eigenvalue weighted by Gasteiger charge is 2.40. The van der Waals surface area contributed by atoms with Crippen LogP contribution in [0.15, 0.2) is 54.7 Å². The Bertz CT molecular complexity index is 1070. The van der Waals surface area contributed by atoms with Crippen molar-refractivity contribution in [3.05, 3.63) is 71.5 Å². The lowest BCUT2D eigenvalue weighted by molar-refractivity contribution is -0.153. The van der Waals surface area contributed by atoms with E-state index in [4.69, 9.17) is 0 Å². The Hall–Kier alpha value is -3.50. The molecule has 1 heterocycles. The fraction of sp³-hybridized carbons (Fsp3) is 0.200. The molecule has 0 spiro atoms. The van der Waals surface area contributed by atoms with Gasteiger partial charge in [0.1, 0.15) is 5.75 Å². The Balaban J connectivity index is 1.85. The van der Waals surface area contributed by atoms with E-state index < -0.39 is 36.1 Å². The van der Waals surface area contributed by atoms with E-state index in [1.54, 1.807) is 25.1 Å². The maximum atomic E-state index is 13.7. The molecule has 5 nitrogen and oxygen atoms in total. The van der Waals surface area contributed by atoms with Crippen molar-refractivity contribution < 1.29 is 35.9 Å². The maximum Gasteiger partial charge on any atom is 0.434 e. The summed E-state index contributed by atoms with van der Waals surface area (Å²) in [5, 5.41) is 6.03. The van der Waals surface area contributed by atoms with Crippen molar-refractivity contribution in [1.82, 2.24) is 9.78 Å². The normalized spacial score (nSPS) is 12.0. The summed E-state index contributed by atoms with van der Waals surface area (Å²) in [5.41, 5.74) is -1.18. The summed E-state index contributed by atoms with van der Waals surface area (Å²) < 4.78 is 83.0. The molecule has 0 bridgehead atoms. The number of rotatable bonds is 5. The molecule has 0 saturated heterocycles. The van der Waals surface area contributed by atoms with E-state index in [2.05, 4.69) is 15.2 Å². The first-order valence-electron chi connectivity index (χ1n) is 8.78. The number of nitrogens with one attached hydrogen (secondary N) is 1. The monoisotopic (exact) mass is 443 g/mol. The van der Waals surface area contributed by atoms with Crippen LogP contribution < -0.4 is 10.1 Å². The van der Waals surface area contributed by atoms with Gasteiger partial charge in [-0.25, -0.2) is 4.68 Å². The molecule has 1 aromatic heterocycles. The van der Waals surface area contributed by atoms with E-state index in [9.17, 15) is 31.1 Å². The molecule has 3 aromatic rings. The smallest absolute Gasteiger partial charge is 0.434 e. The fourth-order valence-electron chi connectivity index (χ4n) is 2.77. The van der Waals surface area contributed by atoms with Crippen LogP contribution in [-0.4, -0.2) is 28.5 Å². The number of amides is 1. The number of nitrogens with zero attached hydrogens (tertiary/aromatic N) is 2. The molecule has 0 fully saturated rings. The third-order valence-corrected chi connectivity index (χ3v) is 4.14. The third-order valence-electron chi connectivity index (χ3n) is 4.14. The van der Waals surface area contributed by atoms with Crippen molar-refractivity contribution in [2.75, 3.05) is 11.9 Å². The summed E-state index contributed by atoms with van der Waals surface area (Å²) in [6.07, 6.45) is -8.58. The van der Waals surface area contributed by atoms with Gasteiger partial charge in [0.05, 0.1) is 17.4 Å². The first kappa shape index (κ1) is 22.2. The van der Waals surface area contributed by atoms with Crippen LogP contribution in [0.1, 0.15) is 21.6 Å². The van der Waals surface area contributed by atoms with Crippen molar-refractivity contribution in [1.29, 1.82) is 0 Å². The molecule has 164 valence electrons. The zero-order chi connectivity index (χ0) is 22.8. The Labute approximate surface area is 172 Å². The topological polar surface area (TPSA) is 56.2 Å². The van der Waals surface area contributed by atoms with Gasteiger partial charge in [-0.2, -0.15) is 31.4 Å². The van der Waals surface area contributed by atoms with Crippen LogP contribution in [-0.2, 0) is 6.18 Å². The number of ether oxygens (including phenoxy) is 1. The SMILES string of the molecule is Cc1ccccc1-n1ncc(C(=O)Nc2ccc(OCC(F)(F)F)cc2)c1C(F)(F)F. The maximum absolute atomic E-state index is 13.7. The second-order valence-electron chi connectivity index (χ2n) is 6.49. The number of alkyl halides is 6. The Morgan fingerprint density at radius 1 is 1.03 bits per heavy atom. The third kappa shape index (κ3) is 5.36. The number of hydrogen-bond acceptors (Lipinski definition) is 3. The molecule has 2 aromatic carbocycles. The van der Waals surface area contributed by atoms with E-state index in [1.165, 1.54) is 18.2 Å². The molecule has 0 saturated carbocycles. The van der Waals surface area contributed by atoms with E-state index in [0.29, 0.717) is 10.2 Å². The van der Waals surface area contributed by atoms with Gasteiger partial charge < -0.3 is 10.1 Å². The number of hydrogen-bond donors (Lipinski definition) is 1. The number of halogens is 6. The molecule has 0 radical (unpaired) electrons. The molecule has 1 amide bonds. The molecular weight excluding hydrogens is 428 g/mol. The van der Waals surface area contributed by atoms with Gasteiger partial charge in [-0.05, 0) is 42.8 Å². The number of carbonyl (C=O) groups excluding carboxylic acids is 1. The van der Waals surface area contributed by atoms with E-state index in [1.807, 2.05) is 0 Å². The van der Waals surface area contributed by atoms with Crippen molar-refractivity contribution in [2.24, 2.45) is 0 Å². The Morgan fingerprint density at radius 2 is 1.68 bits per heavy atom. The average molecular weight is 443 g/mol. The summed E-state index contributed by atoms with van der Waals surface area (Å²) in [4.78, 5) is 12.5. The minimum Gasteiger partial charge on any atom is -0.484 e. The van der Waals surface area contributed by atoms with Crippen molar-refractivity contribution in [2.45, 2.75) is 19.3 Å². The van der Waals surface area contributed by atoms with Crippen molar-refractivity contribution in [3.8, 4) is 11.4 Å². The largest absolute Gasteiger partial charge is 0.484 e. The highest BCUT2D eigenvalue weighted by atomic mass is 19.4. The van der Waals surface area contributed by atoms with Gasteiger partial charge >= 0.3 is 12.4 Å². The molecule has 0 unspecified atom stereocenters. The Morgan fingerprint density at radius 3 is 2.26 bits per heavy atom. The van der Waals surface area contributed by atoms with Gasteiger partial charge in [0.15, 0.2) is 12.3 Å². The number of aromatic nitrogens is 2. The molecular formula is C20H15F6N3O2. The molecule has 31 heavy (non-hydrogen) atoms. The lowest BCUT2D eigenvalue weighted by Gasteiger charge is -2.14. The highest BCUT2D eigenvalue weighted by Crippen LogP contribution is 2.34. The van der Waals surface area contributed by atoms with Crippen molar-refractivity contribution >= 4 is 11.6 Å². The van der Waals surface area contributed by atoms with Crippen LogP contribution in [0.3, 0.4) is 0 Å². The van der Waals surface area contributed by atoms with Crippen LogP contribution in [0.5, 0.6) is 5.75 Å². The van der Waals surface area contributed by atoms with E-state index in [0.717, 1.165) is 18.3 Å². The molecule has 3 rings (SSSR count). The van der Waals surface area contributed by atoms with Gasteiger partial charge in [0.2, 0.25) is 0 Å². The number of anilines is 1. The minimum atomic E-state index is -4.87. The molecule has 0 atom stereocenters. The second-order valence-corrected chi connectivity index (χ2v) is 6.49. The quantitative estimate of drug-likeness (QED) is 0.538.